The van der Waals surface area contributed by atoms with Gasteiger partial charge in [0.15, 0.2) is 0 Å². The van der Waals surface area contributed by atoms with E-state index in [2.05, 4.69) is 15.2 Å². The van der Waals surface area contributed by atoms with Gasteiger partial charge in [0.1, 0.15) is 11.7 Å². The van der Waals surface area contributed by atoms with E-state index in [1.54, 1.807) is 12.3 Å². The van der Waals surface area contributed by atoms with Gasteiger partial charge in [0, 0.05) is 23.5 Å². The number of anilines is 1. The monoisotopic (exact) mass is 411 g/mol. The number of piperidine rings is 1. The third-order valence-electron chi connectivity index (χ3n) is 5.43. The summed E-state index contributed by atoms with van der Waals surface area (Å²) in [6.07, 6.45) is 6.73. The van der Waals surface area contributed by atoms with E-state index in [-0.39, 0.29) is 5.91 Å². The molecular formula is C23H26ClN3O2. The van der Waals surface area contributed by atoms with Gasteiger partial charge in [-0.25, -0.2) is 0 Å². The molecule has 2 aromatic carbocycles. The number of ether oxygens (including phenoxy) is 1. The van der Waals surface area contributed by atoms with Gasteiger partial charge in [0.2, 0.25) is 5.91 Å². The lowest BCUT2D eigenvalue weighted by Crippen LogP contribution is -2.31. The van der Waals surface area contributed by atoms with Crippen molar-refractivity contribution >= 4 is 35.1 Å². The maximum absolute atomic E-state index is 12.2. The quantitative estimate of drug-likeness (QED) is 0.513. The molecule has 6 heteroatoms. The fourth-order valence-electron chi connectivity index (χ4n) is 3.85. The van der Waals surface area contributed by atoms with E-state index in [4.69, 9.17) is 16.3 Å². The van der Waals surface area contributed by atoms with Crippen molar-refractivity contribution < 1.29 is 9.53 Å². The summed E-state index contributed by atoms with van der Waals surface area (Å²) in [5.41, 5.74) is 2.44. The minimum atomic E-state index is -0.422. The normalized spacial score (nSPS) is 19.3. The van der Waals surface area contributed by atoms with Gasteiger partial charge >= 0.3 is 0 Å². The molecule has 1 amide bonds. The number of hydrogen-bond donors (Lipinski definition) is 1. The topological polar surface area (TPSA) is 53.9 Å². The van der Waals surface area contributed by atoms with Crippen LogP contribution in [0.25, 0.3) is 0 Å². The number of likely N-dealkylation sites (tertiary alicyclic amines) is 1. The Hall–Kier alpha value is -2.37. The second-order valence-electron chi connectivity index (χ2n) is 7.57. The molecule has 0 saturated carbocycles. The highest BCUT2D eigenvalue weighted by Gasteiger charge is 2.29. The summed E-state index contributed by atoms with van der Waals surface area (Å²) in [6, 6.07) is 13.1. The van der Waals surface area contributed by atoms with Crippen LogP contribution in [0.1, 0.15) is 37.2 Å². The predicted molar refractivity (Wildman–Crippen MR) is 118 cm³/mol. The smallest absolute Gasteiger partial charge is 0.237 e. The summed E-state index contributed by atoms with van der Waals surface area (Å²) in [4.78, 5) is 19.2. The summed E-state index contributed by atoms with van der Waals surface area (Å²) in [6.45, 7) is 4.28. The Labute approximate surface area is 176 Å². The van der Waals surface area contributed by atoms with Gasteiger partial charge in [-0.2, -0.15) is 0 Å². The van der Waals surface area contributed by atoms with Crippen LogP contribution in [-0.2, 0) is 4.79 Å². The van der Waals surface area contributed by atoms with Crippen LogP contribution in [-0.4, -0.2) is 43.3 Å². The van der Waals surface area contributed by atoms with Gasteiger partial charge < -0.3 is 15.0 Å². The Morgan fingerprint density at radius 1 is 1.14 bits per heavy atom. The van der Waals surface area contributed by atoms with Crippen LogP contribution in [0, 0.1) is 0 Å². The Morgan fingerprint density at radius 3 is 2.72 bits per heavy atom. The zero-order valence-corrected chi connectivity index (χ0v) is 17.2. The predicted octanol–water partition coefficient (Wildman–Crippen LogP) is 5.03. The largest absolute Gasteiger partial charge is 0.494 e. The van der Waals surface area contributed by atoms with Crippen molar-refractivity contribution in [3.8, 4) is 5.75 Å². The fourth-order valence-corrected chi connectivity index (χ4v) is 4.04. The molecule has 2 aromatic rings. The number of carbonyl (C=O) groups is 1. The third-order valence-corrected chi connectivity index (χ3v) is 5.67. The second-order valence-corrected chi connectivity index (χ2v) is 8.01. The summed E-state index contributed by atoms with van der Waals surface area (Å²) >= 11 is 6.07. The lowest BCUT2D eigenvalue weighted by atomic mass is 10.0. The summed E-state index contributed by atoms with van der Waals surface area (Å²) in [5.74, 6) is 0.340. The number of rotatable bonds is 7. The number of halogens is 1. The second kappa shape index (κ2) is 9.42. The molecule has 0 aromatic heterocycles. The molecule has 0 radical (unpaired) electrons. The first kappa shape index (κ1) is 19.9. The minimum Gasteiger partial charge on any atom is -0.494 e. The van der Waals surface area contributed by atoms with Crippen molar-refractivity contribution in [2.24, 2.45) is 4.99 Å². The van der Waals surface area contributed by atoms with Crippen molar-refractivity contribution in [1.82, 2.24) is 4.90 Å². The van der Waals surface area contributed by atoms with E-state index in [0.29, 0.717) is 5.02 Å². The fraction of sp³-hybridized carbons (Fsp3) is 0.391. The molecule has 2 aliphatic heterocycles. The van der Waals surface area contributed by atoms with E-state index in [1.165, 1.54) is 32.4 Å². The van der Waals surface area contributed by atoms with E-state index in [1.807, 2.05) is 36.4 Å². The number of amides is 1. The number of aliphatic imine (C=N–C) groups is 1. The van der Waals surface area contributed by atoms with E-state index < -0.39 is 5.92 Å². The number of nitrogens with one attached hydrogen (secondary N) is 1. The van der Waals surface area contributed by atoms with Crippen LogP contribution in [0.5, 0.6) is 5.75 Å². The van der Waals surface area contributed by atoms with Gasteiger partial charge in [0.25, 0.3) is 0 Å². The summed E-state index contributed by atoms with van der Waals surface area (Å²) in [7, 11) is 0. The third kappa shape index (κ3) is 5.17. The molecule has 29 heavy (non-hydrogen) atoms. The van der Waals surface area contributed by atoms with E-state index in [0.717, 1.165) is 42.3 Å². The zero-order valence-electron chi connectivity index (χ0n) is 16.4. The molecule has 1 atom stereocenters. The maximum atomic E-state index is 12.2. The average molecular weight is 412 g/mol. The number of nitrogens with zero attached hydrogens (tertiary/aromatic N) is 2. The maximum Gasteiger partial charge on any atom is 0.237 e. The number of carbonyl (C=O) groups excluding carboxylic acids is 1. The Balaban J connectivity index is 1.28. The molecule has 1 unspecified atom stereocenters. The Bertz CT molecular complexity index is 876. The van der Waals surface area contributed by atoms with Gasteiger partial charge in [-0.1, -0.05) is 18.0 Å². The van der Waals surface area contributed by atoms with Gasteiger partial charge in [0.05, 0.1) is 12.3 Å². The van der Waals surface area contributed by atoms with Crippen LogP contribution in [0.15, 0.2) is 47.5 Å². The van der Waals surface area contributed by atoms with Crippen LogP contribution in [0.4, 0.5) is 11.4 Å². The number of hydrogen-bond acceptors (Lipinski definition) is 4. The number of fused-ring (bicyclic) bond motifs is 1. The standard InChI is InChI=1S/C23H26ClN3O2/c24-17-5-10-22-20(15-17)21(23(28)26-22)16-25-18-6-8-19(9-7-18)29-14-4-13-27-11-2-1-3-12-27/h5-10,15-16,21H,1-4,11-14H2,(H,26,28). The number of benzene rings is 2. The van der Waals surface area contributed by atoms with Crippen LogP contribution >= 0.6 is 11.6 Å². The lowest BCUT2D eigenvalue weighted by molar-refractivity contribution is -0.115. The molecule has 152 valence electrons. The average Bonchev–Trinajstić information content (AvgIpc) is 3.05. The van der Waals surface area contributed by atoms with Crippen LogP contribution < -0.4 is 10.1 Å². The van der Waals surface area contributed by atoms with Crippen molar-refractivity contribution in [2.75, 3.05) is 31.6 Å². The summed E-state index contributed by atoms with van der Waals surface area (Å²) in [5, 5.41) is 3.47. The van der Waals surface area contributed by atoms with Crippen LogP contribution in [0.2, 0.25) is 5.02 Å². The Kier molecular flexibility index (Phi) is 6.47. The van der Waals surface area contributed by atoms with Crippen molar-refractivity contribution in [1.29, 1.82) is 0 Å². The summed E-state index contributed by atoms with van der Waals surface area (Å²) < 4.78 is 5.85. The molecule has 5 nitrogen and oxygen atoms in total. The molecule has 4 rings (SSSR count). The van der Waals surface area contributed by atoms with Gasteiger partial charge in [-0.3, -0.25) is 9.79 Å². The molecule has 2 heterocycles. The minimum absolute atomic E-state index is 0.0836. The Morgan fingerprint density at radius 2 is 1.93 bits per heavy atom. The molecule has 0 aliphatic carbocycles. The molecular weight excluding hydrogens is 386 g/mol. The highest BCUT2D eigenvalue weighted by atomic mass is 35.5. The van der Waals surface area contributed by atoms with Crippen LogP contribution in [0.3, 0.4) is 0 Å². The molecule has 1 saturated heterocycles. The molecule has 1 N–H and O–H groups in total. The highest BCUT2D eigenvalue weighted by Crippen LogP contribution is 2.34. The molecule has 2 aliphatic rings. The molecule has 1 fully saturated rings. The van der Waals surface area contributed by atoms with Crippen molar-refractivity contribution in [3.63, 3.8) is 0 Å². The van der Waals surface area contributed by atoms with E-state index >= 15 is 0 Å². The van der Waals surface area contributed by atoms with Crippen molar-refractivity contribution in [3.05, 3.63) is 53.1 Å². The van der Waals surface area contributed by atoms with E-state index in [9.17, 15) is 4.79 Å². The first-order valence-electron chi connectivity index (χ1n) is 10.3. The van der Waals surface area contributed by atoms with Gasteiger partial charge in [-0.05, 0) is 80.4 Å². The van der Waals surface area contributed by atoms with Gasteiger partial charge in [-0.15, -0.1) is 0 Å². The lowest BCUT2D eigenvalue weighted by Gasteiger charge is -2.26. The molecule has 0 bridgehead atoms. The SMILES string of the molecule is O=C1Nc2ccc(Cl)cc2C1C=Nc1ccc(OCCCN2CCCCC2)cc1. The molecule has 0 spiro atoms. The first-order valence-corrected chi connectivity index (χ1v) is 10.7. The highest BCUT2D eigenvalue weighted by molar-refractivity contribution is 6.31. The zero-order chi connectivity index (χ0) is 20.1. The van der Waals surface area contributed by atoms with Crippen molar-refractivity contribution in [2.45, 2.75) is 31.6 Å². The first-order chi connectivity index (χ1) is 14.2.